The minimum absolute atomic E-state index is 0.0442. The SMILES string of the molecule is Cc1ccc(OCc2ccccc2)cc1[C@]12CCN(C)[C@H](C)[C@@H]1CCC(=O)C2. The number of Topliss-reactive ketones (excluding diaryl/α,β-unsaturated/α-hetero) is 1. The Bertz CT molecular complexity index is 847. The summed E-state index contributed by atoms with van der Waals surface area (Å²) in [4.78, 5) is 15.0. The number of piperidine rings is 1. The fourth-order valence-electron chi connectivity index (χ4n) is 5.43. The van der Waals surface area contributed by atoms with E-state index in [1.165, 1.54) is 16.7 Å². The minimum atomic E-state index is -0.0442. The number of ketones is 1. The summed E-state index contributed by atoms with van der Waals surface area (Å²) in [6, 6.07) is 17.2. The lowest BCUT2D eigenvalue weighted by Crippen LogP contribution is -2.56. The molecule has 0 amide bonds. The molecule has 1 saturated heterocycles. The summed E-state index contributed by atoms with van der Waals surface area (Å²) >= 11 is 0. The molecule has 2 fully saturated rings. The van der Waals surface area contributed by atoms with E-state index in [4.69, 9.17) is 4.74 Å². The zero-order valence-electron chi connectivity index (χ0n) is 17.3. The molecule has 1 heterocycles. The third-order valence-corrected chi connectivity index (χ3v) is 7.14. The Labute approximate surface area is 168 Å². The summed E-state index contributed by atoms with van der Waals surface area (Å²) < 4.78 is 6.13. The maximum absolute atomic E-state index is 12.5. The average Bonchev–Trinajstić information content (AvgIpc) is 2.71. The van der Waals surface area contributed by atoms with Gasteiger partial charge in [-0.1, -0.05) is 36.4 Å². The molecular formula is C25H31NO2. The number of fused-ring (bicyclic) bond motifs is 1. The second kappa shape index (κ2) is 7.71. The first-order valence-corrected chi connectivity index (χ1v) is 10.5. The van der Waals surface area contributed by atoms with Crippen molar-refractivity contribution in [3.05, 3.63) is 65.2 Å². The molecule has 3 atom stereocenters. The Kier molecular flexibility index (Phi) is 5.29. The van der Waals surface area contributed by atoms with E-state index in [0.717, 1.165) is 31.6 Å². The largest absolute Gasteiger partial charge is 0.489 e. The van der Waals surface area contributed by atoms with Crippen LogP contribution in [0.25, 0.3) is 0 Å². The van der Waals surface area contributed by atoms with Crippen molar-refractivity contribution < 1.29 is 9.53 Å². The number of carbonyl (C=O) groups excluding carboxylic acids is 1. The Hall–Kier alpha value is -2.13. The molecule has 0 N–H and O–H groups in total. The van der Waals surface area contributed by atoms with Crippen LogP contribution in [0.1, 0.15) is 49.3 Å². The summed E-state index contributed by atoms with van der Waals surface area (Å²) in [6.07, 6.45) is 3.46. The number of ether oxygens (including phenoxy) is 1. The van der Waals surface area contributed by atoms with E-state index < -0.39 is 0 Å². The van der Waals surface area contributed by atoms with Crippen molar-refractivity contribution in [2.75, 3.05) is 13.6 Å². The molecule has 2 aromatic carbocycles. The van der Waals surface area contributed by atoms with E-state index >= 15 is 0 Å². The van der Waals surface area contributed by atoms with Crippen LogP contribution < -0.4 is 4.74 Å². The molecule has 0 aromatic heterocycles. The van der Waals surface area contributed by atoms with Crippen molar-refractivity contribution >= 4 is 5.78 Å². The first kappa shape index (κ1) is 19.2. The normalized spacial score (nSPS) is 28.0. The number of aryl methyl sites for hydroxylation is 1. The molecule has 148 valence electrons. The van der Waals surface area contributed by atoms with Crippen molar-refractivity contribution in [2.24, 2.45) is 5.92 Å². The van der Waals surface area contributed by atoms with Gasteiger partial charge in [0, 0.05) is 24.3 Å². The zero-order chi connectivity index (χ0) is 19.7. The molecular weight excluding hydrogens is 346 g/mol. The van der Waals surface area contributed by atoms with Gasteiger partial charge in [-0.15, -0.1) is 0 Å². The predicted octanol–water partition coefficient (Wildman–Crippen LogP) is 4.91. The second-order valence-electron chi connectivity index (χ2n) is 8.74. The van der Waals surface area contributed by atoms with E-state index in [2.05, 4.69) is 56.1 Å². The zero-order valence-corrected chi connectivity index (χ0v) is 17.3. The molecule has 3 heteroatoms. The van der Waals surface area contributed by atoms with Crippen molar-refractivity contribution in [1.82, 2.24) is 4.90 Å². The van der Waals surface area contributed by atoms with Gasteiger partial charge in [-0.2, -0.15) is 0 Å². The smallest absolute Gasteiger partial charge is 0.133 e. The molecule has 1 aliphatic heterocycles. The molecule has 0 radical (unpaired) electrons. The standard InChI is InChI=1S/C25H31NO2/c1-18-9-11-22(28-17-20-7-5-4-6-8-20)15-24(18)25-13-14-26(3)19(2)23(25)12-10-21(27)16-25/h4-9,11,15,19,23H,10,12-14,16-17H2,1-3H3/t19-,23+,25+/m1/s1. The number of carbonyl (C=O) groups is 1. The van der Waals surface area contributed by atoms with Gasteiger partial charge in [-0.3, -0.25) is 4.79 Å². The summed E-state index contributed by atoms with van der Waals surface area (Å²) in [5.74, 6) is 1.84. The highest BCUT2D eigenvalue weighted by Gasteiger charge is 2.50. The summed E-state index contributed by atoms with van der Waals surface area (Å²) in [5.41, 5.74) is 3.73. The van der Waals surface area contributed by atoms with Crippen LogP contribution in [0.15, 0.2) is 48.5 Å². The summed E-state index contributed by atoms with van der Waals surface area (Å²) in [7, 11) is 2.22. The Morgan fingerprint density at radius 2 is 1.96 bits per heavy atom. The molecule has 1 aliphatic carbocycles. The lowest BCUT2D eigenvalue weighted by atomic mass is 9.56. The molecule has 1 saturated carbocycles. The lowest BCUT2D eigenvalue weighted by molar-refractivity contribution is -0.126. The van der Waals surface area contributed by atoms with E-state index in [9.17, 15) is 4.79 Å². The topological polar surface area (TPSA) is 29.5 Å². The van der Waals surface area contributed by atoms with Crippen LogP contribution in [0.5, 0.6) is 5.75 Å². The summed E-state index contributed by atoms with van der Waals surface area (Å²) in [5, 5.41) is 0. The molecule has 4 rings (SSSR count). The lowest BCUT2D eigenvalue weighted by Gasteiger charge is -2.54. The van der Waals surface area contributed by atoms with Gasteiger partial charge in [-0.05, 0) is 75.0 Å². The molecule has 2 aliphatic rings. The van der Waals surface area contributed by atoms with Crippen molar-refractivity contribution in [1.29, 1.82) is 0 Å². The average molecular weight is 378 g/mol. The maximum atomic E-state index is 12.5. The Morgan fingerprint density at radius 1 is 1.18 bits per heavy atom. The molecule has 2 aromatic rings. The van der Waals surface area contributed by atoms with Crippen LogP contribution in [0.3, 0.4) is 0 Å². The van der Waals surface area contributed by atoms with Crippen LogP contribution in [-0.2, 0) is 16.8 Å². The van der Waals surface area contributed by atoms with E-state index in [1.54, 1.807) is 0 Å². The van der Waals surface area contributed by atoms with Gasteiger partial charge in [0.1, 0.15) is 18.1 Å². The molecule has 0 spiro atoms. The number of rotatable bonds is 4. The van der Waals surface area contributed by atoms with Crippen molar-refractivity contribution in [2.45, 2.75) is 57.6 Å². The van der Waals surface area contributed by atoms with Gasteiger partial charge in [0.05, 0.1) is 0 Å². The number of hydrogen-bond acceptors (Lipinski definition) is 3. The van der Waals surface area contributed by atoms with Gasteiger partial charge < -0.3 is 9.64 Å². The number of hydrogen-bond donors (Lipinski definition) is 0. The molecule has 28 heavy (non-hydrogen) atoms. The third kappa shape index (κ3) is 3.48. The van der Waals surface area contributed by atoms with Gasteiger partial charge >= 0.3 is 0 Å². The van der Waals surface area contributed by atoms with Crippen LogP contribution in [-0.4, -0.2) is 30.3 Å². The predicted molar refractivity (Wildman–Crippen MR) is 113 cm³/mol. The minimum Gasteiger partial charge on any atom is -0.489 e. The van der Waals surface area contributed by atoms with Gasteiger partial charge in [0.25, 0.3) is 0 Å². The Balaban J connectivity index is 1.67. The molecule has 3 nitrogen and oxygen atoms in total. The van der Waals surface area contributed by atoms with Crippen LogP contribution in [0.2, 0.25) is 0 Å². The van der Waals surface area contributed by atoms with Crippen LogP contribution >= 0.6 is 0 Å². The maximum Gasteiger partial charge on any atom is 0.133 e. The first-order chi connectivity index (χ1) is 13.5. The van der Waals surface area contributed by atoms with Gasteiger partial charge in [0.15, 0.2) is 0 Å². The monoisotopic (exact) mass is 377 g/mol. The number of nitrogens with zero attached hydrogens (tertiary/aromatic N) is 1. The highest BCUT2D eigenvalue weighted by Crippen LogP contribution is 2.51. The fourth-order valence-corrected chi connectivity index (χ4v) is 5.43. The van der Waals surface area contributed by atoms with Crippen LogP contribution in [0, 0.1) is 12.8 Å². The van der Waals surface area contributed by atoms with E-state index in [1.807, 2.05) is 18.2 Å². The number of benzene rings is 2. The molecule has 0 bridgehead atoms. The third-order valence-electron chi connectivity index (χ3n) is 7.14. The van der Waals surface area contributed by atoms with E-state index in [0.29, 0.717) is 30.8 Å². The quantitative estimate of drug-likeness (QED) is 0.759. The van der Waals surface area contributed by atoms with Crippen LogP contribution in [0.4, 0.5) is 0 Å². The van der Waals surface area contributed by atoms with Gasteiger partial charge in [-0.25, -0.2) is 0 Å². The van der Waals surface area contributed by atoms with Crippen molar-refractivity contribution in [3.63, 3.8) is 0 Å². The first-order valence-electron chi connectivity index (χ1n) is 10.5. The highest BCUT2D eigenvalue weighted by atomic mass is 16.5. The van der Waals surface area contributed by atoms with E-state index in [-0.39, 0.29) is 5.41 Å². The number of likely N-dealkylation sites (tertiary alicyclic amines) is 1. The van der Waals surface area contributed by atoms with Crippen molar-refractivity contribution in [3.8, 4) is 5.75 Å². The highest BCUT2D eigenvalue weighted by molar-refractivity contribution is 5.81. The van der Waals surface area contributed by atoms with Gasteiger partial charge in [0.2, 0.25) is 0 Å². The molecule has 0 unspecified atom stereocenters. The summed E-state index contributed by atoms with van der Waals surface area (Å²) in [6.45, 7) is 6.13. The fraction of sp³-hybridized carbons (Fsp3) is 0.480. The second-order valence-corrected chi connectivity index (χ2v) is 8.74. The Morgan fingerprint density at radius 3 is 2.75 bits per heavy atom.